The van der Waals surface area contributed by atoms with Crippen molar-refractivity contribution in [2.75, 3.05) is 32.5 Å². The van der Waals surface area contributed by atoms with Crippen LogP contribution in [0.4, 0.5) is 5.69 Å². The van der Waals surface area contributed by atoms with Crippen LogP contribution in [-0.2, 0) is 14.8 Å². The number of nitrogen functional groups attached to an aromatic ring is 1. The molecule has 0 heterocycles. The highest BCUT2D eigenvalue weighted by Crippen LogP contribution is 2.28. The second kappa shape index (κ2) is 5.99. The predicted molar refractivity (Wildman–Crippen MR) is 75.9 cm³/mol. The third kappa shape index (κ3) is 3.62. The summed E-state index contributed by atoms with van der Waals surface area (Å²) < 4.78 is 31.2. The Morgan fingerprint density at radius 2 is 2.15 bits per heavy atom. The van der Waals surface area contributed by atoms with Gasteiger partial charge in [0.1, 0.15) is 5.75 Å². The van der Waals surface area contributed by atoms with Gasteiger partial charge in [0.25, 0.3) is 0 Å². The second-order valence-corrected chi connectivity index (χ2v) is 7.11. The minimum atomic E-state index is -3.60. The molecule has 1 aromatic rings. The van der Waals surface area contributed by atoms with Crippen LogP contribution in [0.1, 0.15) is 12.8 Å². The van der Waals surface area contributed by atoms with Gasteiger partial charge in [-0.1, -0.05) is 0 Å². The molecule has 0 amide bonds. The van der Waals surface area contributed by atoms with Crippen molar-refractivity contribution in [1.82, 2.24) is 4.31 Å². The molecule has 0 saturated heterocycles. The number of benzene rings is 1. The summed E-state index contributed by atoms with van der Waals surface area (Å²) in [7, 11) is -2.10. The molecule has 0 unspecified atom stereocenters. The lowest BCUT2D eigenvalue weighted by molar-refractivity contribution is 0.117. The van der Waals surface area contributed by atoms with Gasteiger partial charge in [-0.25, -0.2) is 8.42 Å². The smallest absolute Gasteiger partial charge is 0.242 e. The number of hydrogen-bond donors (Lipinski definition) is 2. The number of sulfonamides is 1. The van der Waals surface area contributed by atoms with Gasteiger partial charge in [-0.3, -0.25) is 0 Å². The van der Waals surface area contributed by atoms with Crippen molar-refractivity contribution in [3.05, 3.63) is 18.2 Å². The van der Waals surface area contributed by atoms with E-state index in [0.717, 1.165) is 0 Å². The van der Waals surface area contributed by atoms with Crippen molar-refractivity contribution in [3.8, 4) is 5.75 Å². The zero-order chi connectivity index (χ0) is 14.8. The van der Waals surface area contributed by atoms with E-state index in [9.17, 15) is 13.5 Å². The zero-order valence-corrected chi connectivity index (χ0v) is 12.3. The summed E-state index contributed by atoms with van der Waals surface area (Å²) in [4.78, 5) is 0.0671. The number of phenols is 1. The first-order valence-corrected chi connectivity index (χ1v) is 7.98. The Balaban J connectivity index is 1.94. The molecule has 0 aliphatic heterocycles. The maximum Gasteiger partial charge on any atom is 0.242 e. The lowest BCUT2D eigenvalue weighted by Crippen LogP contribution is -2.30. The first kappa shape index (κ1) is 15.1. The molecule has 2 rings (SSSR count). The lowest BCUT2D eigenvalue weighted by atomic mass is 10.3. The maximum absolute atomic E-state index is 12.3. The molecule has 1 saturated carbocycles. The SMILES string of the molecule is CN(CCOCC1CC1)S(=O)(=O)c1ccc(O)c(N)c1. The number of nitrogens with zero attached hydrogens (tertiary/aromatic N) is 1. The summed E-state index contributed by atoms with van der Waals surface area (Å²) in [5.41, 5.74) is 5.57. The molecule has 0 radical (unpaired) electrons. The highest BCUT2D eigenvalue weighted by Gasteiger charge is 2.23. The fourth-order valence-corrected chi connectivity index (χ4v) is 2.91. The topological polar surface area (TPSA) is 92.9 Å². The highest BCUT2D eigenvalue weighted by molar-refractivity contribution is 7.89. The normalized spacial score (nSPS) is 15.7. The van der Waals surface area contributed by atoms with Crippen LogP contribution >= 0.6 is 0 Å². The highest BCUT2D eigenvalue weighted by atomic mass is 32.2. The molecule has 0 atom stereocenters. The Bertz CT molecular complexity index is 570. The van der Waals surface area contributed by atoms with Gasteiger partial charge in [-0.05, 0) is 37.0 Å². The quantitative estimate of drug-likeness (QED) is 0.445. The van der Waals surface area contributed by atoms with Crippen molar-refractivity contribution < 1.29 is 18.3 Å². The monoisotopic (exact) mass is 300 g/mol. The van der Waals surface area contributed by atoms with Crippen LogP contribution in [0.3, 0.4) is 0 Å². The van der Waals surface area contributed by atoms with E-state index in [4.69, 9.17) is 10.5 Å². The molecule has 1 aromatic carbocycles. The molecule has 112 valence electrons. The summed E-state index contributed by atoms with van der Waals surface area (Å²) in [6, 6.07) is 3.87. The van der Waals surface area contributed by atoms with Crippen LogP contribution in [-0.4, -0.2) is 44.6 Å². The first-order chi connectivity index (χ1) is 9.41. The van der Waals surface area contributed by atoms with Crippen molar-refractivity contribution in [1.29, 1.82) is 0 Å². The van der Waals surface area contributed by atoms with Crippen LogP contribution < -0.4 is 5.73 Å². The number of nitrogens with two attached hydrogens (primary N) is 1. The van der Waals surface area contributed by atoms with Crippen molar-refractivity contribution in [3.63, 3.8) is 0 Å². The molecule has 1 fully saturated rings. The molecule has 1 aliphatic rings. The average Bonchev–Trinajstić information content (AvgIpc) is 3.21. The van der Waals surface area contributed by atoms with Gasteiger partial charge in [0.05, 0.1) is 17.2 Å². The van der Waals surface area contributed by atoms with E-state index in [-0.39, 0.29) is 22.9 Å². The summed E-state index contributed by atoms with van der Waals surface area (Å²) >= 11 is 0. The van der Waals surface area contributed by atoms with Crippen LogP contribution in [0.25, 0.3) is 0 Å². The number of anilines is 1. The van der Waals surface area contributed by atoms with Crippen LogP contribution in [0.15, 0.2) is 23.1 Å². The van der Waals surface area contributed by atoms with E-state index in [0.29, 0.717) is 19.1 Å². The number of phenolic OH excluding ortho intramolecular Hbond substituents is 1. The van der Waals surface area contributed by atoms with E-state index >= 15 is 0 Å². The Morgan fingerprint density at radius 1 is 1.45 bits per heavy atom. The molecule has 0 aromatic heterocycles. The number of ether oxygens (including phenoxy) is 1. The van der Waals surface area contributed by atoms with Crippen LogP contribution in [0.2, 0.25) is 0 Å². The van der Waals surface area contributed by atoms with E-state index in [1.165, 1.54) is 42.4 Å². The van der Waals surface area contributed by atoms with Crippen molar-refractivity contribution >= 4 is 15.7 Å². The molecule has 0 spiro atoms. The Hall–Kier alpha value is -1.31. The Labute approximate surface area is 119 Å². The molecule has 6 nitrogen and oxygen atoms in total. The van der Waals surface area contributed by atoms with Crippen molar-refractivity contribution in [2.45, 2.75) is 17.7 Å². The fourth-order valence-electron chi connectivity index (χ4n) is 1.72. The van der Waals surface area contributed by atoms with Gasteiger partial charge >= 0.3 is 0 Å². The van der Waals surface area contributed by atoms with Gasteiger partial charge in [0.15, 0.2) is 0 Å². The fraction of sp³-hybridized carbons (Fsp3) is 0.538. The molecular weight excluding hydrogens is 280 g/mol. The van der Waals surface area contributed by atoms with Crippen LogP contribution in [0.5, 0.6) is 5.75 Å². The molecule has 3 N–H and O–H groups in total. The van der Waals surface area contributed by atoms with E-state index in [1.807, 2.05) is 0 Å². The third-order valence-corrected chi connectivity index (χ3v) is 5.16. The number of likely N-dealkylation sites (N-methyl/N-ethyl adjacent to an activating group) is 1. The van der Waals surface area contributed by atoms with Gasteiger partial charge in [-0.2, -0.15) is 4.31 Å². The minimum Gasteiger partial charge on any atom is -0.506 e. The molecule has 20 heavy (non-hydrogen) atoms. The zero-order valence-electron chi connectivity index (χ0n) is 11.4. The summed E-state index contributed by atoms with van der Waals surface area (Å²) in [5, 5.41) is 9.33. The van der Waals surface area contributed by atoms with Gasteiger partial charge < -0.3 is 15.6 Å². The Kier molecular flexibility index (Phi) is 4.52. The number of rotatable bonds is 7. The minimum absolute atomic E-state index is 0.0458. The van der Waals surface area contributed by atoms with Gasteiger partial charge in [0.2, 0.25) is 10.0 Å². The second-order valence-electron chi connectivity index (χ2n) is 5.07. The standard InChI is InChI=1S/C13H20N2O4S/c1-15(6-7-19-9-10-2-3-10)20(17,18)11-4-5-13(16)12(14)8-11/h4-5,8,10,16H,2-3,6-7,9,14H2,1H3. The molecule has 0 bridgehead atoms. The number of aromatic hydroxyl groups is 1. The largest absolute Gasteiger partial charge is 0.506 e. The Morgan fingerprint density at radius 3 is 2.75 bits per heavy atom. The van der Waals surface area contributed by atoms with Crippen molar-refractivity contribution in [2.24, 2.45) is 5.92 Å². The first-order valence-electron chi connectivity index (χ1n) is 6.54. The maximum atomic E-state index is 12.3. The van der Waals surface area contributed by atoms with Crippen LogP contribution in [0, 0.1) is 5.92 Å². The summed E-state index contributed by atoms with van der Waals surface area (Å²) in [5.74, 6) is 0.535. The average molecular weight is 300 g/mol. The lowest BCUT2D eigenvalue weighted by Gasteiger charge is -2.17. The van der Waals surface area contributed by atoms with E-state index < -0.39 is 10.0 Å². The predicted octanol–water partition coefficient (Wildman–Crippen LogP) is 1.02. The van der Waals surface area contributed by atoms with E-state index in [2.05, 4.69) is 0 Å². The summed E-state index contributed by atoms with van der Waals surface area (Å²) in [6.07, 6.45) is 2.42. The molecule has 7 heteroatoms. The number of hydrogen-bond acceptors (Lipinski definition) is 5. The van der Waals surface area contributed by atoms with Gasteiger partial charge in [0, 0.05) is 20.2 Å². The molecule has 1 aliphatic carbocycles. The molecular formula is C13H20N2O4S. The third-order valence-electron chi connectivity index (χ3n) is 3.31. The van der Waals surface area contributed by atoms with Gasteiger partial charge in [-0.15, -0.1) is 0 Å². The van der Waals surface area contributed by atoms with E-state index in [1.54, 1.807) is 0 Å². The summed E-state index contributed by atoms with van der Waals surface area (Å²) in [6.45, 7) is 1.37.